The minimum absolute atomic E-state index is 0.437. The Kier molecular flexibility index (Phi) is 4.50. The van der Waals surface area contributed by atoms with Crippen molar-refractivity contribution >= 4 is 17.6 Å². The van der Waals surface area contributed by atoms with Crippen molar-refractivity contribution < 1.29 is 14.7 Å². The van der Waals surface area contributed by atoms with Gasteiger partial charge in [-0.25, -0.2) is 0 Å². The zero-order chi connectivity index (χ0) is 15.5. The molecule has 1 aromatic rings. The highest BCUT2D eigenvalue weighted by Gasteiger charge is 2.40. The third-order valence-corrected chi connectivity index (χ3v) is 4.42. The van der Waals surface area contributed by atoms with Crippen LogP contribution in [-0.2, 0) is 4.79 Å². The molecule has 21 heavy (non-hydrogen) atoms. The molecule has 114 valence electrons. The van der Waals surface area contributed by atoms with E-state index >= 15 is 0 Å². The summed E-state index contributed by atoms with van der Waals surface area (Å²) < 4.78 is 0. The number of nitrogens with zero attached hydrogens (tertiary/aromatic N) is 1. The van der Waals surface area contributed by atoms with Gasteiger partial charge in [0.2, 0.25) is 5.91 Å². The maximum Gasteiger partial charge on any atom is 0.309 e. The van der Waals surface area contributed by atoms with Gasteiger partial charge in [-0.1, -0.05) is 13.3 Å². The highest BCUT2D eigenvalue weighted by atomic mass is 16.4. The number of aliphatic carboxylic acids is 1. The molecule has 0 aliphatic carbocycles. The Morgan fingerprint density at radius 2 is 1.81 bits per heavy atom. The molecule has 0 radical (unpaired) electrons. The summed E-state index contributed by atoms with van der Waals surface area (Å²) in [4.78, 5) is 24.8. The van der Waals surface area contributed by atoms with Gasteiger partial charge in [0.1, 0.15) is 0 Å². The monoisotopic (exact) mass is 290 g/mol. The van der Waals surface area contributed by atoms with Crippen molar-refractivity contribution in [3.8, 4) is 0 Å². The summed E-state index contributed by atoms with van der Waals surface area (Å²) in [7, 11) is 0. The van der Waals surface area contributed by atoms with Crippen LogP contribution in [0.4, 0.5) is 5.69 Å². The molecule has 1 amide bonds. The Bertz CT molecular complexity index is 517. The zero-order valence-corrected chi connectivity index (χ0v) is 12.3. The summed E-state index contributed by atoms with van der Waals surface area (Å²) in [6.07, 6.45) is 2.94. The lowest BCUT2D eigenvalue weighted by Crippen LogP contribution is -2.44. The van der Waals surface area contributed by atoms with Crippen molar-refractivity contribution in [3.05, 3.63) is 29.8 Å². The molecule has 1 aliphatic rings. The fourth-order valence-corrected chi connectivity index (χ4v) is 3.08. The largest absolute Gasteiger partial charge is 0.481 e. The van der Waals surface area contributed by atoms with Crippen LogP contribution < -0.4 is 10.6 Å². The molecule has 5 heteroatoms. The van der Waals surface area contributed by atoms with Crippen LogP contribution in [0.15, 0.2) is 24.3 Å². The van der Waals surface area contributed by atoms with Gasteiger partial charge in [-0.05, 0) is 43.5 Å². The van der Waals surface area contributed by atoms with E-state index in [1.807, 2.05) is 19.1 Å². The molecule has 0 saturated carbocycles. The van der Waals surface area contributed by atoms with Crippen molar-refractivity contribution in [2.75, 3.05) is 18.0 Å². The topological polar surface area (TPSA) is 83.6 Å². The Morgan fingerprint density at radius 3 is 2.24 bits per heavy atom. The molecule has 1 fully saturated rings. The van der Waals surface area contributed by atoms with E-state index in [-0.39, 0.29) is 0 Å². The van der Waals surface area contributed by atoms with E-state index in [1.165, 1.54) is 0 Å². The number of carbonyl (C=O) groups is 2. The van der Waals surface area contributed by atoms with Crippen LogP contribution in [0.3, 0.4) is 0 Å². The second kappa shape index (κ2) is 6.16. The van der Waals surface area contributed by atoms with Gasteiger partial charge in [-0.15, -0.1) is 0 Å². The number of hydrogen-bond acceptors (Lipinski definition) is 3. The SMILES string of the molecule is CCCC1(C(=O)O)CCN(c2ccc(C(N)=O)cc2)CC1. The first kappa shape index (κ1) is 15.4. The number of amides is 1. The standard InChI is InChI=1S/C16H22N2O3/c1-2-7-16(15(20)21)8-10-18(11-9-16)13-5-3-12(4-6-13)14(17)19/h3-6H,2,7-11H2,1H3,(H2,17,19)(H,20,21). The predicted molar refractivity (Wildman–Crippen MR) is 81.4 cm³/mol. The molecule has 2 rings (SSSR count). The van der Waals surface area contributed by atoms with E-state index in [0.29, 0.717) is 18.4 Å². The number of piperidine rings is 1. The lowest BCUT2D eigenvalue weighted by Gasteiger charge is -2.40. The number of carbonyl (C=O) groups excluding carboxylic acids is 1. The number of hydrogen-bond donors (Lipinski definition) is 2. The first-order valence-electron chi connectivity index (χ1n) is 7.37. The van der Waals surface area contributed by atoms with Crippen LogP contribution in [0.5, 0.6) is 0 Å². The van der Waals surface area contributed by atoms with Crippen LogP contribution in [0.1, 0.15) is 43.0 Å². The van der Waals surface area contributed by atoms with Gasteiger partial charge in [0.05, 0.1) is 5.41 Å². The van der Waals surface area contributed by atoms with Crippen molar-refractivity contribution in [2.45, 2.75) is 32.6 Å². The molecule has 0 aromatic heterocycles. The van der Waals surface area contributed by atoms with E-state index in [1.54, 1.807) is 12.1 Å². The lowest BCUT2D eigenvalue weighted by molar-refractivity contribution is -0.150. The number of carboxylic acids is 1. The first-order chi connectivity index (χ1) is 9.98. The predicted octanol–water partition coefficient (Wildman–Crippen LogP) is 2.26. The number of rotatable bonds is 5. The van der Waals surface area contributed by atoms with Crippen LogP contribution in [0, 0.1) is 5.41 Å². The zero-order valence-electron chi connectivity index (χ0n) is 12.3. The number of carboxylic acid groups (broad SMARTS) is 1. The number of nitrogens with two attached hydrogens (primary N) is 1. The first-order valence-corrected chi connectivity index (χ1v) is 7.37. The van der Waals surface area contributed by atoms with Crippen LogP contribution >= 0.6 is 0 Å². The molecule has 1 aliphatic heterocycles. The molecular weight excluding hydrogens is 268 g/mol. The summed E-state index contributed by atoms with van der Waals surface area (Å²) in [5, 5.41) is 9.50. The second-order valence-corrected chi connectivity index (χ2v) is 5.73. The highest BCUT2D eigenvalue weighted by molar-refractivity contribution is 5.93. The van der Waals surface area contributed by atoms with E-state index < -0.39 is 17.3 Å². The fraction of sp³-hybridized carbons (Fsp3) is 0.500. The van der Waals surface area contributed by atoms with E-state index in [2.05, 4.69) is 4.90 Å². The van der Waals surface area contributed by atoms with Gasteiger partial charge >= 0.3 is 5.97 Å². The van der Waals surface area contributed by atoms with Gasteiger partial charge in [-0.3, -0.25) is 9.59 Å². The smallest absolute Gasteiger partial charge is 0.309 e. The Labute approximate surface area is 124 Å². The maximum absolute atomic E-state index is 11.6. The second-order valence-electron chi connectivity index (χ2n) is 5.73. The number of benzene rings is 1. The molecule has 0 atom stereocenters. The summed E-state index contributed by atoms with van der Waals surface area (Å²) in [5.41, 5.74) is 6.15. The van der Waals surface area contributed by atoms with Gasteiger partial charge in [0.25, 0.3) is 0 Å². The van der Waals surface area contributed by atoms with Crippen LogP contribution in [-0.4, -0.2) is 30.1 Å². The quantitative estimate of drug-likeness (QED) is 0.871. The molecular formula is C16H22N2O3. The minimum Gasteiger partial charge on any atom is -0.481 e. The molecule has 1 aromatic carbocycles. The summed E-state index contributed by atoms with van der Waals surface area (Å²) in [5.74, 6) is -1.11. The molecule has 1 heterocycles. The molecule has 0 unspecified atom stereocenters. The highest BCUT2D eigenvalue weighted by Crippen LogP contribution is 2.37. The van der Waals surface area contributed by atoms with Gasteiger partial charge in [0, 0.05) is 24.3 Å². The Balaban J connectivity index is 2.06. The third kappa shape index (κ3) is 3.17. The van der Waals surface area contributed by atoms with Gasteiger partial charge < -0.3 is 15.7 Å². The Hall–Kier alpha value is -2.04. The summed E-state index contributed by atoms with van der Waals surface area (Å²) >= 11 is 0. The average Bonchev–Trinajstić information content (AvgIpc) is 2.48. The molecule has 0 spiro atoms. The molecule has 5 nitrogen and oxygen atoms in total. The molecule has 3 N–H and O–H groups in total. The summed E-state index contributed by atoms with van der Waals surface area (Å²) in [6, 6.07) is 7.16. The summed E-state index contributed by atoms with van der Waals surface area (Å²) in [6.45, 7) is 3.48. The molecule has 1 saturated heterocycles. The molecule has 0 bridgehead atoms. The van der Waals surface area contributed by atoms with Crippen LogP contribution in [0.25, 0.3) is 0 Å². The lowest BCUT2D eigenvalue weighted by atomic mass is 9.75. The van der Waals surface area contributed by atoms with Gasteiger partial charge in [0.15, 0.2) is 0 Å². The van der Waals surface area contributed by atoms with Gasteiger partial charge in [-0.2, -0.15) is 0 Å². The van der Waals surface area contributed by atoms with Crippen molar-refractivity contribution in [1.82, 2.24) is 0 Å². The number of primary amides is 1. The van der Waals surface area contributed by atoms with E-state index in [9.17, 15) is 14.7 Å². The van der Waals surface area contributed by atoms with Crippen molar-refractivity contribution in [3.63, 3.8) is 0 Å². The maximum atomic E-state index is 11.6. The van der Waals surface area contributed by atoms with Crippen molar-refractivity contribution in [2.24, 2.45) is 11.1 Å². The third-order valence-electron chi connectivity index (χ3n) is 4.42. The fourth-order valence-electron chi connectivity index (χ4n) is 3.08. The normalized spacial score (nSPS) is 17.5. The van der Waals surface area contributed by atoms with E-state index in [0.717, 1.165) is 31.6 Å². The average molecular weight is 290 g/mol. The Morgan fingerprint density at radius 1 is 1.24 bits per heavy atom. The van der Waals surface area contributed by atoms with E-state index in [4.69, 9.17) is 5.73 Å². The van der Waals surface area contributed by atoms with Crippen molar-refractivity contribution in [1.29, 1.82) is 0 Å². The van der Waals surface area contributed by atoms with Crippen LogP contribution in [0.2, 0.25) is 0 Å². The minimum atomic E-state index is -0.673. The number of anilines is 1.